The molecule has 0 aliphatic rings. The first kappa shape index (κ1) is 13.0. The van der Waals surface area contributed by atoms with Crippen molar-refractivity contribution in [3.05, 3.63) is 46.4 Å². The van der Waals surface area contributed by atoms with E-state index in [0.717, 1.165) is 17.8 Å². The van der Waals surface area contributed by atoms with Crippen molar-refractivity contribution in [1.82, 2.24) is 9.97 Å². The molecule has 0 radical (unpaired) electrons. The van der Waals surface area contributed by atoms with Gasteiger partial charge in [-0.1, -0.05) is 0 Å². The van der Waals surface area contributed by atoms with Gasteiger partial charge in [-0.25, -0.2) is 19.2 Å². The van der Waals surface area contributed by atoms with Crippen molar-refractivity contribution in [2.75, 3.05) is 0 Å². The van der Waals surface area contributed by atoms with E-state index >= 15 is 0 Å². The predicted molar refractivity (Wildman–Crippen MR) is 67.2 cm³/mol. The average Bonchev–Trinajstić information content (AvgIpc) is 2.34. The van der Waals surface area contributed by atoms with Crippen LogP contribution in [0.15, 0.2) is 45.1 Å². The maximum absolute atomic E-state index is 13.5. The number of carboxylic acid groups (broad SMARTS) is 1. The van der Waals surface area contributed by atoms with Crippen molar-refractivity contribution in [3.63, 3.8) is 0 Å². The van der Waals surface area contributed by atoms with Gasteiger partial charge in [0, 0.05) is 12.4 Å². The van der Waals surface area contributed by atoms with Crippen LogP contribution in [0.25, 0.3) is 0 Å². The van der Waals surface area contributed by atoms with Gasteiger partial charge in [0.05, 0.1) is 14.9 Å². The Bertz CT molecular complexity index is 592. The molecule has 1 aromatic heterocycles. The van der Waals surface area contributed by atoms with E-state index < -0.39 is 11.8 Å². The van der Waals surface area contributed by atoms with Crippen LogP contribution in [0.2, 0.25) is 0 Å². The fraction of sp³-hybridized carbons (Fsp3) is 0. The van der Waals surface area contributed by atoms with Gasteiger partial charge in [0.1, 0.15) is 5.82 Å². The van der Waals surface area contributed by atoms with E-state index in [1.165, 1.54) is 24.5 Å². The Hall–Kier alpha value is -1.47. The molecule has 2 aromatic rings. The molecule has 0 saturated heterocycles. The van der Waals surface area contributed by atoms with Gasteiger partial charge < -0.3 is 5.11 Å². The molecule has 0 saturated carbocycles. The summed E-state index contributed by atoms with van der Waals surface area (Å²) < 4.78 is 14.2. The topological polar surface area (TPSA) is 63.1 Å². The van der Waals surface area contributed by atoms with Gasteiger partial charge in [0.2, 0.25) is 0 Å². The monoisotopic (exact) mass is 328 g/mol. The molecule has 0 amide bonds. The van der Waals surface area contributed by atoms with Gasteiger partial charge in [0.15, 0.2) is 5.16 Å². The number of carbonyl (C=O) groups is 1. The van der Waals surface area contributed by atoms with Crippen molar-refractivity contribution in [2.24, 2.45) is 0 Å². The Morgan fingerprint density at radius 2 is 2.00 bits per heavy atom. The SMILES string of the molecule is O=C(O)c1ccc(F)c(Sc2ncc(Br)cn2)c1. The Morgan fingerprint density at radius 3 is 2.61 bits per heavy atom. The van der Waals surface area contributed by atoms with Crippen molar-refractivity contribution in [2.45, 2.75) is 10.1 Å². The van der Waals surface area contributed by atoms with E-state index in [0.29, 0.717) is 9.63 Å². The highest BCUT2D eigenvalue weighted by molar-refractivity contribution is 9.10. The molecule has 2 rings (SSSR count). The van der Waals surface area contributed by atoms with Crippen LogP contribution in [0.1, 0.15) is 10.4 Å². The third kappa shape index (κ3) is 3.05. The van der Waals surface area contributed by atoms with Crippen LogP contribution in [-0.2, 0) is 0 Å². The van der Waals surface area contributed by atoms with Crippen LogP contribution in [0.4, 0.5) is 4.39 Å². The summed E-state index contributed by atoms with van der Waals surface area (Å²) in [6.07, 6.45) is 3.07. The summed E-state index contributed by atoms with van der Waals surface area (Å²) in [5, 5.41) is 9.18. The van der Waals surface area contributed by atoms with Crippen LogP contribution in [0, 0.1) is 5.82 Å². The zero-order valence-electron chi connectivity index (χ0n) is 8.80. The second-order valence-electron chi connectivity index (χ2n) is 3.24. The summed E-state index contributed by atoms with van der Waals surface area (Å²) >= 11 is 4.16. The fourth-order valence-electron chi connectivity index (χ4n) is 1.17. The van der Waals surface area contributed by atoms with Crippen LogP contribution >= 0.6 is 27.7 Å². The first-order chi connectivity index (χ1) is 8.56. The quantitative estimate of drug-likeness (QED) is 0.876. The lowest BCUT2D eigenvalue weighted by atomic mass is 10.2. The highest BCUT2D eigenvalue weighted by Gasteiger charge is 2.10. The lowest BCUT2D eigenvalue weighted by Gasteiger charge is -2.03. The van der Waals surface area contributed by atoms with E-state index in [2.05, 4.69) is 25.9 Å². The summed E-state index contributed by atoms with van der Waals surface area (Å²) in [5.74, 6) is -1.61. The molecule has 4 nitrogen and oxygen atoms in total. The minimum absolute atomic E-state index is 0.0241. The van der Waals surface area contributed by atoms with Gasteiger partial charge in [-0.05, 0) is 45.9 Å². The standard InChI is InChI=1S/C11H6BrFN2O2S/c12-7-4-14-11(15-5-7)18-9-3-6(10(16)17)1-2-8(9)13/h1-5H,(H,16,17). The van der Waals surface area contributed by atoms with Crippen LogP contribution in [0.5, 0.6) is 0 Å². The molecule has 0 fully saturated rings. The van der Waals surface area contributed by atoms with E-state index in [1.54, 1.807) is 0 Å². The molecule has 1 heterocycles. The molecule has 0 atom stereocenters. The van der Waals surface area contributed by atoms with Crippen LogP contribution < -0.4 is 0 Å². The molecule has 0 unspecified atom stereocenters. The average molecular weight is 329 g/mol. The maximum atomic E-state index is 13.5. The maximum Gasteiger partial charge on any atom is 0.335 e. The Labute approximate surface area is 114 Å². The minimum Gasteiger partial charge on any atom is -0.478 e. The van der Waals surface area contributed by atoms with Crippen molar-refractivity contribution >= 4 is 33.7 Å². The molecule has 1 N–H and O–H groups in total. The summed E-state index contributed by atoms with van der Waals surface area (Å²) in [5.41, 5.74) is 0.0241. The number of nitrogens with zero attached hydrogens (tertiary/aromatic N) is 2. The van der Waals surface area contributed by atoms with E-state index in [9.17, 15) is 9.18 Å². The highest BCUT2D eigenvalue weighted by atomic mass is 79.9. The van der Waals surface area contributed by atoms with E-state index in [1.807, 2.05) is 0 Å². The van der Waals surface area contributed by atoms with E-state index in [4.69, 9.17) is 5.11 Å². The van der Waals surface area contributed by atoms with Gasteiger partial charge in [-0.3, -0.25) is 0 Å². The Kier molecular flexibility index (Phi) is 3.93. The molecule has 18 heavy (non-hydrogen) atoms. The fourth-order valence-corrected chi connectivity index (χ4v) is 2.13. The predicted octanol–water partition coefficient (Wildman–Crippen LogP) is 3.23. The normalized spacial score (nSPS) is 10.3. The Morgan fingerprint density at radius 1 is 1.33 bits per heavy atom. The summed E-state index contributed by atoms with van der Waals surface area (Å²) in [4.78, 5) is 18.9. The van der Waals surface area contributed by atoms with Gasteiger partial charge in [-0.15, -0.1) is 0 Å². The molecule has 1 aromatic carbocycles. The van der Waals surface area contributed by atoms with Crippen molar-refractivity contribution < 1.29 is 14.3 Å². The van der Waals surface area contributed by atoms with Crippen molar-refractivity contribution in [3.8, 4) is 0 Å². The lowest BCUT2D eigenvalue weighted by Crippen LogP contribution is -1.97. The molecular weight excluding hydrogens is 323 g/mol. The molecule has 0 spiro atoms. The largest absolute Gasteiger partial charge is 0.478 e. The molecule has 0 bridgehead atoms. The molecule has 92 valence electrons. The smallest absolute Gasteiger partial charge is 0.335 e. The van der Waals surface area contributed by atoms with Crippen LogP contribution in [0.3, 0.4) is 0 Å². The first-order valence-corrected chi connectivity index (χ1v) is 6.35. The van der Waals surface area contributed by atoms with Gasteiger partial charge in [-0.2, -0.15) is 0 Å². The van der Waals surface area contributed by atoms with Crippen molar-refractivity contribution in [1.29, 1.82) is 0 Å². The number of aromatic nitrogens is 2. The first-order valence-electron chi connectivity index (χ1n) is 4.74. The van der Waals surface area contributed by atoms with Gasteiger partial charge >= 0.3 is 5.97 Å². The Balaban J connectivity index is 2.30. The highest BCUT2D eigenvalue weighted by Crippen LogP contribution is 2.28. The zero-order chi connectivity index (χ0) is 13.1. The molecule has 0 aliphatic heterocycles. The molecular formula is C11H6BrFN2O2S. The second kappa shape index (κ2) is 5.45. The number of carboxylic acids is 1. The third-order valence-electron chi connectivity index (χ3n) is 1.98. The van der Waals surface area contributed by atoms with Crippen LogP contribution in [-0.4, -0.2) is 21.0 Å². The number of halogens is 2. The molecule has 0 aliphatic carbocycles. The third-order valence-corrected chi connectivity index (χ3v) is 3.31. The molecule has 7 heteroatoms. The zero-order valence-corrected chi connectivity index (χ0v) is 11.2. The minimum atomic E-state index is -1.10. The number of aromatic carboxylic acids is 1. The number of benzene rings is 1. The van der Waals surface area contributed by atoms with E-state index in [-0.39, 0.29) is 10.5 Å². The van der Waals surface area contributed by atoms with Gasteiger partial charge in [0.25, 0.3) is 0 Å². The number of rotatable bonds is 3. The summed E-state index contributed by atoms with van der Waals surface area (Å²) in [6.45, 7) is 0. The second-order valence-corrected chi connectivity index (χ2v) is 5.16. The summed E-state index contributed by atoms with van der Waals surface area (Å²) in [6, 6.07) is 3.59. The number of hydrogen-bond acceptors (Lipinski definition) is 4. The summed E-state index contributed by atoms with van der Waals surface area (Å²) in [7, 11) is 0. The lowest BCUT2D eigenvalue weighted by molar-refractivity contribution is 0.0696. The number of hydrogen-bond donors (Lipinski definition) is 1.